The number of thiazole rings is 1. The predicted octanol–water partition coefficient (Wildman–Crippen LogP) is 4.25. The Morgan fingerprint density at radius 3 is 2.93 bits per heavy atom. The number of fused-ring (bicyclic) bond motifs is 1. The molecule has 80 valence electrons. The SMILES string of the molecule is CCC(Cl)CCc1nc2ccccc2s1. The Morgan fingerprint density at radius 1 is 1.40 bits per heavy atom. The summed E-state index contributed by atoms with van der Waals surface area (Å²) in [5.74, 6) is 0. The molecule has 2 aromatic rings. The Kier molecular flexibility index (Phi) is 3.60. The van der Waals surface area contributed by atoms with Crippen LogP contribution < -0.4 is 0 Å². The van der Waals surface area contributed by atoms with Crippen LogP contribution in [-0.2, 0) is 6.42 Å². The van der Waals surface area contributed by atoms with Gasteiger partial charge in [-0.15, -0.1) is 22.9 Å². The summed E-state index contributed by atoms with van der Waals surface area (Å²) in [6.45, 7) is 2.12. The first-order valence-electron chi connectivity index (χ1n) is 5.28. The fourth-order valence-corrected chi connectivity index (χ4v) is 2.60. The molecule has 0 saturated heterocycles. The van der Waals surface area contributed by atoms with Gasteiger partial charge in [0.1, 0.15) is 0 Å². The van der Waals surface area contributed by atoms with Gasteiger partial charge in [0.2, 0.25) is 0 Å². The van der Waals surface area contributed by atoms with E-state index < -0.39 is 0 Å². The molecule has 0 bridgehead atoms. The van der Waals surface area contributed by atoms with Crippen molar-refractivity contribution in [3.05, 3.63) is 29.3 Å². The molecular formula is C12H14ClNS. The van der Waals surface area contributed by atoms with Gasteiger partial charge in [-0.2, -0.15) is 0 Å². The molecule has 0 aliphatic heterocycles. The van der Waals surface area contributed by atoms with Crippen LogP contribution in [0, 0.1) is 0 Å². The molecule has 0 aliphatic rings. The maximum Gasteiger partial charge on any atom is 0.0939 e. The average Bonchev–Trinajstić information content (AvgIpc) is 2.68. The molecule has 0 amide bonds. The largest absolute Gasteiger partial charge is 0.241 e. The summed E-state index contributed by atoms with van der Waals surface area (Å²) in [7, 11) is 0. The minimum Gasteiger partial charge on any atom is -0.241 e. The van der Waals surface area contributed by atoms with Crippen LogP contribution in [-0.4, -0.2) is 10.4 Å². The average molecular weight is 240 g/mol. The number of hydrogen-bond donors (Lipinski definition) is 0. The van der Waals surface area contributed by atoms with Crippen LogP contribution in [0.15, 0.2) is 24.3 Å². The molecule has 2 rings (SSSR count). The van der Waals surface area contributed by atoms with Gasteiger partial charge in [-0.3, -0.25) is 0 Å². The Labute approximate surface area is 99.1 Å². The van der Waals surface area contributed by atoms with Crippen LogP contribution in [0.2, 0.25) is 0 Å². The number of aryl methyl sites for hydroxylation is 1. The topological polar surface area (TPSA) is 12.9 Å². The molecule has 0 saturated carbocycles. The normalized spacial score (nSPS) is 13.2. The molecule has 1 nitrogen and oxygen atoms in total. The molecule has 3 heteroatoms. The molecule has 0 fully saturated rings. The fourth-order valence-electron chi connectivity index (χ4n) is 1.51. The van der Waals surface area contributed by atoms with Crippen molar-refractivity contribution in [2.75, 3.05) is 0 Å². The third-order valence-electron chi connectivity index (χ3n) is 2.45. The molecule has 15 heavy (non-hydrogen) atoms. The van der Waals surface area contributed by atoms with E-state index in [1.54, 1.807) is 11.3 Å². The summed E-state index contributed by atoms with van der Waals surface area (Å²) in [5, 5.41) is 1.49. The quantitative estimate of drug-likeness (QED) is 0.727. The second kappa shape index (κ2) is 4.95. The number of halogens is 1. The smallest absolute Gasteiger partial charge is 0.0939 e. The first-order valence-corrected chi connectivity index (χ1v) is 6.53. The molecule has 1 heterocycles. The Hall–Kier alpha value is -0.600. The second-order valence-electron chi connectivity index (χ2n) is 3.62. The number of benzene rings is 1. The molecule has 0 aliphatic carbocycles. The van der Waals surface area contributed by atoms with Crippen molar-refractivity contribution in [1.82, 2.24) is 4.98 Å². The van der Waals surface area contributed by atoms with Crippen molar-refractivity contribution >= 4 is 33.2 Å². The highest BCUT2D eigenvalue weighted by atomic mass is 35.5. The lowest BCUT2D eigenvalue weighted by Crippen LogP contribution is -1.97. The van der Waals surface area contributed by atoms with E-state index in [1.807, 2.05) is 6.07 Å². The number of rotatable bonds is 4. The zero-order chi connectivity index (χ0) is 10.7. The van der Waals surface area contributed by atoms with E-state index in [9.17, 15) is 0 Å². The fraction of sp³-hybridized carbons (Fsp3) is 0.417. The Balaban J connectivity index is 2.09. The van der Waals surface area contributed by atoms with Gasteiger partial charge in [0.15, 0.2) is 0 Å². The van der Waals surface area contributed by atoms with Crippen molar-refractivity contribution in [3.8, 4) is 0 Å². The maximum absolute atomic E-state index is 6.09. The second-order valence-corrected chi connectivity index (χ2v) is 5.35. The van der Waals surface area contributed by atoms with Gasteiger partial charge in [-0.1, -0.05) is 19.1 Å². The zero-order valence-electron chi connectivity index (χ0n) is 8.74. The number of hydrogen-bond acceptors (Lipinski definition) is 2. The minimum atomic E-state index is 0.289. The summed E-state index contributed by atoms with van der Waals surface area (Å²) in [5.41, 5.74) is 1.11. The number of alkyl halides is 1. The lowest BCUT2D eigenvalue weighted by atomic mass is 10.2. The van der Waals surface area contributed by atoms with Crippen LogP contribution >= 0.6 is 22.9 Å². The van der Waals surface area contributed by atoms with Crippen molar-refractivity contribution in [2.45, 2.75) is 31.6 Å². The van der Waals surface area contributed by atoms with Crippen molar-refractivity contribution in [3.63, 3.8) is 0 Å². The molecule has 1 aromatic carbocycles. The van der Waals surface area contributed by atoms with Gasteiger partial charge < -0.3 is 0 Å². The molecule has 1 aromatic heterocycles. The van der Waals surface area contributed by atoms with E-state index in [0.29, 0.717) is 0 Å². The minimum absolute atomic E-state index is 0.289. The zero-order valence-corrected chi connectivity index (χ0v) is 10.3. The van der Waals surface area contributed by atoms with Crippen LogP contribution in [0.25, 0.3) is 10.2 Å². The molecule has 0 N–H and O–H groups in total. The number of nitrogens with zero attached hydrogens (tertiary/aromatic N) is 1. The molecule has 0 spiro atoms. The summed E-state index contributed by atoms with van der Waals surface area (Å²) in [4.78, 5) is 4.58. The lowest BCUT2D eigenvalue weighted by Gasteiger charge is -2.02. The van der Waals surface area contributed by atoms with Gasteiger partial charge >= 0.3 is 0 Å². The maximum atomic E-state index is 6.09. The summed E-state index contributed by atoms with van der Waals surface area (Å²) in [6.07, 6.45) is 3.06. The molecule has 1 unspecified atom stereocenters. The standard InChI is InChI=1S/C12H14ClNS/c1-2-9(13)7-8-12-14-10-5-3-4-6-11(10)15-12/h3-6,9H,2,7-8H2,1H3. The highest BCUT2D eigenvalue weighted by Crippen LogP contribution is 2.23. The van der Waals surface area contributed by atoms with Crippen molar-refractivity contribution in [1.29, 1.82) is 0 Å². The monoisotopic (exact) mass is 239 g/mol. The van der Waals surface area contributed by atoms with E-state index in [0.717, 1.165) is 24.8 Å². The van der Waals surface area contributed by atoms with Crippen LogP contribution in [0.3, 0.4) is 0 Å². The van der Waals surface area contributed by atoms with E-state index in [-0.39, 0.29) is 5.38 Å². The summed E-state index contributed by atoms with van der Waals surface area (Å²) >= 11 is 7.87. The molecule has 0 radical (unpaired) electrons. The van der Waals surface area contributed by atoms with Gasteiger partial charge in [-0.05, 0) is 25.0 Å². The van der Waals surface area contributed by atoms with Crippen LogP contribution in [0.1, 0.15) is 24.8 Å². The number of para-hydroxylation sites is 1. The van der Waals surface area contributed by atoms with E-state index in [4.69, 9.17) is 11.6 Å². The van der Waals surface area contributed by atoms with Gasteiger partial charge in [0.05, 0.1) is 15.2 Å². The Bertz CT molecular complexity index is 405. The first kappa shape index (κ1) is 10.9. The number of aromatic nitrogens is 1. The van der Waals surface area contributed by atoms with Crippen LogP contribution in [0.4, 0.5) is 0 Å². The van der Waals surface area contributed by atoms with Crippen molar-refractivity contribution < 1.29 is 0 Å². The Morgan fingerprint density at radius 2 is 2.20 bits per heavy atom. The summed E-state index contributed by atoms with van der Waals surface area (Å²) < 4.78 is 1.27. The van der Waals surface area contributed by atoms with E-state index in [1.165, 1.54) is 9.71 Å². The third-order valence-corrected chi connectivity index (χ3v) is 4.08. The van der Waals surface area contributed by atoms with E-state index in [2.05, 4.69) is 30.1 Å². The highest BCUT2D eigenvalue weighted by molar-refractivity contribution is 7.18. The van der Waals surface area contributed by atoms with Crippen molar-refractivity contribution in [2.24, 2.45) is 0 Å². The highest BCUT2D eigenvalue weighted by Gasteiger charge is 2.06. The predicted molar refractivity (Wildman–Crippen MR) is 67.9 cm³/mol. The van der Waals surface area contributed by atoms with Gasteiger partial charge in [0, 0.05) is 11.8 Å². The first-order chi connectivity index (χ1) is 7.29. The van der Waals surface area contributed by atoms with E-state index >= 15 is 0 Å². The van der Waals surface area contributed by atoms with Gasteiger partial charge in [-0.25, -0.2) is 4.98 Å². The lowest BCUT2D eigenvalue weighted by molar-refractivity contribution is 0.725. The summed E-state index contributed by atoms with van der Waals surface area (Å²) in [6, 6.07) is 8.27. The molecular weight excluding hydrogens is 226 g/mol. The van der Waals surface area contributed by atoms with Crippen LogP contribution in [0.5, 0.6) is 0 Å². The molecule has 1 atom stereocenters. The van der Waals surface area contributed by atoms with Gasteiger partial charge in [0.25, 0.3) is 0 Å². The third kappa shape index (κ3) is 2.70.